The van der Waals surface area contributed by atoms with Gasteiger partial charge >= 0.3 is 5.97 Å². The molecule has 2 nitrogen and oxygen atoms in total. The maximum absolute atomic E-state index is 14.0. The standard InChI is InChI=1S/C10H21FO2Si/c1-7(2)9(14(5,6)11)8(3)10(12)13-4/h7-9H,1-6H3/t8-,9-/m1/s1. The minimum Gasteiger partial charge on any atom is -0.469 e. The molecular formula is C10H21FO2Si. The molecule has 0 aromatic heterocycles. The first kappa shape index (κ1) is 13.6. The highest BCUT2D eigenvalue weighted by atomic mass is 28.4. The number of halogens is 1. The monoisotopic (exact) mass is 220 g/mol. The van der Waals surface area contributed by atoms with E-state index in [1.54, 1.807) is 20.0 Å². The molecule has 0 aromatic carbocycles. The highest BCUT2D eigenvalue weighted by Crippen LogP contribution is 2.38. The normalized spacial score (nSPS) is 16.6. The smallest absolute Gasteiger partial charge is 0.308 e. The minimum absolute atomic E-state index is 0.171. The van der Waals surface area contributed by atoms with Crippen LogP contribution in [0.15, 0.2) is 0 Å². The summed E-state index contributed by atoms with van der Waals surface area (Å²) in [6.45, 7) is 8.97. The first-order valence-electron chi connectivity index (χ1n) is 4.98. The molecule has 0 aliphatic heterocycles. The molecule has 0 rings (SSSR count). The minimum atomic E-state index is -2.79. The van der Waals surface area contributed by atoms with Gasteiger partial charge in [0.2, 0.25) is 8.41 Å². The molecule has 0 saturated carbocycles. The Bertz CT molecular complexity index is 199. The number of rotatable bonds is 4. The lowest BCUT2D eigenvalue weighted by Gasteiger charge is -2.32. The van der Waals surface area contributed by atoms with Crippen molar-refractivity contribution >= 4 is 14.4 Å². The molecule has 0 spiro atoms. The maximum Gasteiger partial charge on any atom is 0.308 e. The maximum atomic E-state index is 14.0. The van der Waals surface area contributed by atoms with Crippen LogP contribution in [0.1, 0.15) is 20.8 Å². The fourth-order valence-electron chi connectivity index (χ4n) is 2.30. The highest BCUT2D eigenvalue weighted by Gasteiger charge is 2.42. The lowest BCUT2D eigenvalue weighted by atomic mass is 9.98. The van der Waals surface area contributed by atoms with Gasteiger partial charge in [0.1, 0.15) is 0 Å². The van der Waals surface area contributed by atoms with Gasteiger partial charge in [0.05, 0.1) is 13.0 Å². The second-order valence-corrected chi connectivity index (χ2v) is 8.44. The average Bonchev–Trinajstić information content (AvgIpc) is 1.99. The molecule has 0 aromatic rings. The van der Waals surface area contributed by atoms with Gasteiger partial charge in [0.15, 0.2) is 0 Å². The molecule has 0 unspecified atom stereocenters. The van der Waals surface area contributed by atoms with E-state index in [0.29, 0.717) is 0 Å². The Morgan fingerprint density at radius 3 is 1.93 bits per heavy atom. The molecule has 14 heavy (non-hydrogen) atoms. The van der Waals surface area contributed by atoms with Crippen molar-refractivity contribution in [1.29, 1.82) is 0 Å². The number of hydrogen-bond acceptors (Lipinski definition) is 2. The van der Waals surface area contributed by atoms with Crippen molar-refractivity contribution in [2.45, 2.75) is 39.4 Å². The number of esters is 1. The zero-order valence-corrected chi connectivity index (χ0v) is 10.9. The summed E-state index contributed by atoms with van der Waals surface area (Å²) in [6.07, 6.45) is 0. The summed E-state index contributed by atoms with van der Waals surface area (Å²) < 4.78 is 18.6. The summed E-state index contributed by atoms with van der Waals surface area (Å²) in [6, 6.07) is 0. The summed E-state index contributed by atoms with van der Waals surface area (Å²) in [7, 11) is -1.44. The van der Waals surface area contributed by atoms with E-state index in [-0.39, 0.29) is 23.3 Å². The molecule has 0 aliphatic rings. The molecule has 0 amide bonds. The number of methoxy groups -OCH3 is 1. The summed E-state index contributed by atoms with van der Waals surface area (Å²) in [5.74, 6) is -0.468. The van der Waals surface area contributed by atoms with Gasteiger partial charge in [0, 0.05) is 0 Å². The topological polar surface area (TPSA) is 26.3 Å². The molecule has 4 heteroatoms. The van der Waals surface area contributed by atoms with Crippen molar-refractivity contribution in [2.75, 3.05) is 7.11 Å². The number of ether oxygens (including phenoxy) is 1. The fourth-order valence-corrected chi connectivity index (χ4v) is 5.21. The van der Waals surface area contributed by atoms with E-state index in [1.165, 1.54) is 7.11 Å². The first-order chi connectivity index (χ1) is 6.21. The molecule has 0 radical (unpaired) electrons. The molecular weight excluding hydrogens is 199 g/mol. The Morgan fingerprint density at radius 2 is 1.71 bits per heavy atom. The summed E-state index contributed by atoms with van der Waals surface area (Å²) in [5.41, 5.74) is -0.171. The van der Waals surface area contributed by atoms with Crippen LogP contribution in [0.25, 0.3) is 0 Å². The number of hydrogen-bond donors (Lipinski definition) is 0. The largest absolute Gasteiger partial charge is 0.469 e. The number of carbonyl (C=O) groups excluding carboxylic acids is 1. The summed E-state index contributed by atoms with van der Waals surface area (Å²) in [5, 5.41) is 0. The quantitative estimate of drug-likeness (QED) is 0.413. The Morgan fingerprint density at radius 1 is 1.29 bits per heavy atom. The van der Waals surface area contributed by atoms with E-state index in [4.69, 9.17) is 0 Å². The molecule has 0 N–H and O–H groups in total. The van der Waals surface area contributed by atoms with Crippen molar-refractivity contribution in [2.24, 2.45) is 11.8 Å². The van der Waals surface area contributed by atoms with Gasteiger partial charge in [-0.15, -0.1) is 0 Å². The predicted octanol–water partition coefficient (Wildman–Crippen LogP) is 3.00. The van der Waals surface area contributed by atoms with Crippen LogP contribution < -0.4 is 0 Å². The molecule has 0 bridgehead atoms. The number of carbonyl (C=O) groups is 1. The second kappa shape index (κ2) is 4.91. The van der Waals surface area contributed by atoms with E-state index in [9.17, 15) is 8.90 Å². The van der Waals surface area contributed by atoms with Crippen molar-refractivity contribution in [3.05, 3.63) is 0 Å². The second-order valence-electron chi connectivity index (χ2n) is 4.65. The summed E-state index contributed by atoms with van der Waals surface area (Å²) >= 11 is 0. The average molecular weight is 220 g/mol. The van der Waals surface area contributed by atoms with E-state index in [1.807, 2.05) is 13.8 Å². The van der Waals surface area contributed by atoms with Crippen LogP contribution in [0.2, 0.25) is 18.6 Å². The van der Waals surface area contributed by atoms with Gasteiger partial charge < -0.3 is 8.84 Å². The third-order valence-corrected chi connectivity index (χ3v) is 5.37. The van der Waals surface area contributed by atoms with Gasteiger partial charge in [-0.1, -0.05) is 20.8 Å². The van der Waals surface area contributed by atoms with Gasteiger partial charge in [-0.3, -0.25) is 4.79 Å². The molecule has 0 aliphatic carbocycles. The van der Waals surface area contributed by atoms with Crippen molar-refractivity contribution in [3.63, 3.8) is 0 Å². The van der Waals surface area contributed by atoms with Gasteiger partial charge in [-0.2, -0.15) is 0 Å². The fraction of sp³-hybridized carbons (Fsp3) is 0.900. The summed E-state index contributed by atoms with van der Waals surface area (Å²) in [4.78, 5) is 11.3. The van der Waals surface area contributed by atoms with Crippen molar-refractivity contribution < 1.29 is 13.6 Å². The zero-order valence-electron chi connectivity index (χ0n) is 9.93. The molecule has 0 saturated heterocycles. The lowest BCUT2D eigenvalue weighted by Crippen LogP contribution is -2.38. The molecule has 2 atom stereocenters. The van der Waals surface area contributed by atoms with Gasteiger partial charge in [-0.25, -0.2) is 0 Å². The predicted molar refractivity (Wildman–Crippen MR) is 58.4 cm³/mol. The van der Waals surface area contributed by atoms with Crippen LogP contribution in [0, 0.1) is 11.8 Å². The van der Waals surface area contributed by atoms with Gasteiger partial charge in [0.25, 0.3) is 0 Å². The zero-order chi connectivity index (χ0) is 11.5. The first-order valence-corrected chi connectivity index (χ1v) is 7.94. The van der Waals surface area contributed by atoms with Crippen LogP contribution in [-0.4, -0.2) is 21.5 Å². The van der Waals surface area contributed by atoms with Gasteiger partial charge in [-0.05, 0) is 24.6 Å². The van der Waals surface area contributed by atoms with Crippen molar-refractivity contribution in [1.82, 2.24) is 0 Å². The highest BCUT2D eigenvalue weighted by molar-refractivity contribution is 6.72. The van der Waals surface area contributed by atoms with Crippen LogP contribution in [-0.2, 0) is 9.53 Å². The van der Waals surface area contributed by atoms with Crippen LogP contribution in [0.3, 0.4) is 0 Å². The van der Waals surface area contributed by atoms with E-state index in [0.717, 1.165) is 0 Å². The SMILES string of the molecule is COC(=O)[C@H](C)[C@@H](C(C)C)[Si](C)(C)F. The van der Waals surface area contributed by atoms with Crippen LogP contribution in [0.5, 0.6) is 0 Å². The third-order valence-electron chi connectivity index (χ3n) is 2.62. The Hall–Kier alpha value is -0.383. The third kappa shape index (κ3) is 3.40. The lowest BCUT2D eigenvalue weighted by molar-refractivity contribution is -0.145. The molecule has 0 fully saturated rings. The van der Waals surface area contributed by atoms with E-state index in [2.05, 4.69) is 4.74 Å². The molecule has 84 valence electrons. The molecule has 0 heterocycles. The Balaban J connectivity index is 4.76. The van der Waals surface area contributed by atoms with E-state index < -0.39 is 8.41 Å². The Kier molecular flexibility index (Phi) is 4.78. The van der Waals surface area contributed by atoms with Crippen LogP contribution >= 0.6 is 0 Å². The van der Waals surface area contributed by atoms with Crippen molar-refractivity contribution in [3.8, 4) is 0 Å². The van der Waals surface area contributed by atoms with E-state index >= 15 is 0 Å². The van der Waals surface area contributed by atoms with Crippen LogP contribution in [0.4, 0.5) is 4.11 Å². The Labute approximate surface area is 87.0 Å².